The summed E-state index contributed by atoms with van der Waals surface area (Å²) in [6.07, 6.45) is 4.22. The van der Waals surface area contributed by atoms with Crippen LogP contribution in [0, 0.1) is 0 Å². The van der Waals surface area contributed by atoms with E-state index in [0.29, 0.717) is 13.0 Å². The zero-order valence-electron chi connectivity index (χ0n) is 5.66. The molecule has 1 rings (SSSR count). The lowest BCUT2D eigenvalue weighted by molar-refractivity contribution is -0.118. The Bertz CT molecular complexity index is 203. The second-order valence-corrected chi connectivity index (χ2v) is 2.14. The molecule has 54 valence electrons. The molecular weight excluding hydrogens is 128 g/mol. The Morgan fingerprint density at radius 1 is 1.40 bits per heavy atom. The van der Waals surface area contributed by atoms with Gasteiger partial charge in [0.1, 0.15) is 0 Å². The number of amides is 1. The van der Waals surface area contributed by atoms with Gasteiger partial charge >= 0.3 is 0 Å². The van der Waals surface area contributed by atoms with Crippen LogP contribution in [0.1, 0.15) is 6.42 Å². The van der Waals surface area contributed by atoms with Gasteiger partial charge in [-0.3, -0.25) is 4.79 Å². The monoisotopic (exact) mass is 138 g/mol. The minimum absolute atomic E-state index is 0.256. The topological polar surface area (TPSA) is 48.0 Å². The van der Waals surface area contributed by atoms with Crippen molar-refractivity contribution in [1.82, 2.24) is 4.57 Å². The summed E-state index contributed by atoms with van der Waals surface area (Å²) in [6, 6.07) is 3.84. The molecule has 0 aliphatic heterocycles. The third-order valence-electron chi connectivity index (χ3n) is 1.28. The molecule has 0 fully saturated rings. The van der Waals surface area contributed by atoms with E-state index in [2.05, 4.69) is 0 Å². The molecule has 0 aliphatic carbocycles. The summed E-state index contributed by atoms with van der Waals surface area (Å²) in [5, 5.41) is 0. The van der Waals surface area contributed by atoms with Gasteiger partial charge in [0.15, 0.2) is 0 Å². The van der Waals surface area contributed by atoms with E-state index in [-0.39, 0.29) is 5.91 Å². The molecule has 10 heavy (non-hydrogen) atoms. The van der Waals surface area contributed by atoms with Crippen molar-refractivity contribution < 1.29 is 4.79 Å². The van der Waals surface area contributed by atoms with E-state index < -0.39 is 0 Å². The highest BCUT2D eigenvalue weighted by Crippen LogP contribution is 1.91. The molecule has 0 bridgehead atoms. The zero-order chi connectivity index (χ0) is 7.40. The molecule has 1 heterocycles. The average molecular weight is 138 g/mol. The van der Waals surface area contributed by atoms with Crippen molar-refractivity contribution in [3.63, 3.8) is 0 Å². The minimum atomic E-state index is -0.256. The first-order chi connectivity index (χ1) is 4.79. The van der Waals surface area contributed by atoms with Gasteiger partial charge in [-0.05, 0) is 12.1 Å². The van der Waals surface area contributed by atoms with Crippen LogP contribution in [0.15, 0.2) is 24.5 Å². The molecule has 1 aromatic heterocycles. The van der Waals surface area contributed by atoms with Crippen LogP contribution in [0.5, 0.6) is 0 Å². The summed E-state index contributed by atoms with van der Waals surface area (Å²) in [4.78, 5) is 10.3. The number of carbonyl (C=O) groups excluding carboxylic acids is 1. The maximum Gasteiger partial charge on any atom is 0.219 e. The lowest BCUT2D eigenvalue weighted by Gasteiger charge is -1.97. The summed E-state index contributed by atoms with van der Waals surface area (Å²) in [5.41, 5.74) is 4.96. The number of carbonyl (C=O) groups is 1. The Hall–Kier alpha value is -1.25. The predicted octanol–water partition coefficient (Wildman–Crippen LogP) is 0.363. The summed E-state index contributed by atoms with van der Waals surface area (Å²) in [5.74, 6) is -0.256. The van der Waals surface area contributed by atoms with Gasteiger partial charge in [0, 0.05) is 25.4 Å². The molecule has 0 aromatic carbocycles. The summed E-state index contributed by atoms with van der Waals surface area (Å²) in [6.45, 7) is 0.683. The maximum atomic E-state index is 10.3. The van der Waals surface area contributed by atoms with E-state index in [0.717, 1.165) is 0 Å². The zero-order valence-corrected chi connectivity index (χ0v) is 5.66. The van der Waals surface area contributed by atoms with Crippen molar-refractivity contribution in [1.29, 1.82) is 0 Å². The van der Waals surface area contributed by atoms with Gasteiger partial charge in [0.2, 0.25) is 5.91 Å². The Morgan fingerprint density at radius 2 is 2.00 bits per heavy atom. The number of primary amides is 1. The molecule has 3 heteroatoms. The molecule has 1 amide bonds. The molecule has 0 saturated carbocycles. The lowest BCUT2D eigenvalue weighted by atomic mass is 10.4. The van der Waals surface area contributed by atoms with Crippen LogP contribution in [-0.2, 0) is 11.3 Å². The first-order valence-corrected chi connectivity index (χ1v) is 3.18. The van der Waals surface area contributed by atoms with E-state index in [1.54, 1.807) is 0 Å². The Labute approximate surface area is 59.4 Å². The number of aromatic nitrogens is 1. The Balaban J connectivity index is 2.35. The van der Waals surface area contributed by atoms with E-state index in [1.807, 2.05) is 29.1 Å². The normalized spacial score (nSPS) is 9.60. The van der Waals surface area contributed by atoms with E-state index in [4.69, 9.17) is 5.73 Å². The van der Waals surface area contributed by atoms with Crippen molar-refractivity contribution >= 4 is 5.91 Å². The fourth-order valence-electron chi connectivity index (χ4n) is 0.759. The number of hydrogen-bond acceptors (Lipinski definition) is 1. The Kier molecular flexibility index (Phi) is 2.10. The van der Waals surface area contributed by atoms with Crippen molar-refractivity contribution in [2.45, 2.75) is 13.0 Å². The second-order valence-electron chi connectivity index (χ2n) is 2.14. The van der Waals surface area contributed by atoms with Crippen molar-refractivity contribution in [3.05, 3.63) is 24.5 Å². The largest absolute Gasteiger partial charge is 0.370 e. The van der Waals surface area contributed by atoms with Gasteiger partial charge in [-0.15, -0.1) is 0 Å². The van der Waals surface area contributed by atoms with Crippen molar-refractivity contribution in [2.75, 3.05) is 0 Å². The molecule has 1 aromatic rings. The van der Waals surface area contributed by atoms with Gasteiger partial charge < -0.3 is 10.3 Å². The lowest BCUT2D eigenvalue weighted by Crippen LogP contribution is -2.13. The number of nitrogens with two attached hydrogens (primary N) is 1. The van der Waals surface area contributed by atoms with Gasteiger partial charge in [0.25, 0.3) is 0 Å². The van der Waals surface area contributed by atoms with Crippen LogP contribution < -0.4 is 5.73 Å². The van der Waals surface area contributed by atoms with Crippen LogP contribution in [0.3, 0.4) is 0 Å². The standard InChI is InChI=1S/C7H10N2O/c8-7(10)3-6-9-4-1-2-5-9/h1-2,4-5H,3,6H2,(H2,8,10). The minimum Gasteiger partial charge on any atom is -0.370 e. The van der Waals surface area contributed by atoms with E-state index >= 15 is 0 Å². The van der Waals surface area contributed by atoms with E-state index in [1.165, 1.54) is 0 Å². The van der Waals surface area contributed by atoms with Crippen LogP contribution >= 0.6 is 0 Å². The SMILES string of the molecule is NC(=O)CCn1cccc1. The summed E-state index contributed by atoms with van der Waals surface area (Å²) in [7, 11) is 0. The highest BCUT2D eigenvalue weighted by molar-refractivity contribution is 5.73. The fraction of sp³-hybridized carbons (Fsp3) is 0.286. The van der Waals surface area contributed by atoms with E-state index in [9.17, 15) is 4.79 Å². The molecule has 0 unspecified atom stereocenters. The smallest absolute Gasteiger partial charge is 0.219 e. The maximum absolute atomic E-state index is 10.3. The third kappa shape index (κ3) is 1.93. The molecule has 3 nitrogen and oxygen atoms in total. The predicted molar refractivity (Wildman–Crippen MR) is 38.2 cm³/mol. The quantitative estimate of drug-likeness (QED) is 0.644. The number of nitrogens with zero attached hydrogens (tertiary/aromatic N) is 1. The molecule has 0 spiro atoms. The average Bonchev–Trinajstić information content (AvgIpc) is 2.34. The number of aryl methyl sites for hydroxylation is 1. The van der Waals surface area contributed by atoms with Gasteiger partial charge in [-0.25, -0.2) is 0 Å². The first kappa shape index (κ1) is 6.86. The van der Waals surface area contributed by atoms with Crippen LogP contribution in [0.4, 0.5) is 0 Å². The molecule has 0 atom stereocenters. The van der Waals surface area contributed by atoms with Gasteiger partial charge in [-0.1, -0.05) is 0 Å². The highest BCUT2D eigenvalue weighted by Gasteiger charge is 1.92. The van der Waals surface area contributed by atoms with Crippen molar-refractivity contribution in [2.24, 2.45) is 5.73 Å². The Morgan fingerprint density at radius 3 is 2.50 bits per heavy atom. The number of rotatable bonds is 3. The molecular formula is C7H10N2O. The fourth-order valence-corrected chi connectivity index (χ4v) is 0.759. The second kappa shape index (κ2) is 3.06. The van der Waals surface area contributed by atoms with Crippen LogP contribution in [0.2, 0.25) is 0 Å². The third-order valence-corrected chi connectivity index (χ3v) is 1.28. The number of hydrogen-bond donors (Lipinski definition) is 1. The molecule has 2 N–H and O–H groups in total. The first-order valence-electron chi connectivity index (χ1n) is 3.18. The van der Waals surface area contributed by atoms with Gasteiger partial charge in [-0.2, -0.15) is 0 Å². The molecule has 0 saturated heterocycles. The van der Waals surface area contributed by atoms with Crippen LogP contribution in [0.25, 0.3) is 0 Å². The molecule has 0 aliphatic rings. The summed E-state index contributed by atoms with van der Waals surface area (Å²) >= 11 is 0. The van der Waals surface area contributed by atoms with Crippen LogP contribution in [-0.4, -0.2) is 10.5 Å². The molecule has 0 radical (unpaired) electrons. The summed E-state index contributed by atoms with van der Waals surface area (Å²) < 4.78 is 1.92. The highest BCUT2D eigenvalue weighted by atomic mass is 16.1. The van der Waals surface area contributed by atoms with Gasteiger partial charge in [0.05, 0.1) is 0 Å². The van der Waals surface area contributed by atoms with Crippen molar-refractivity contribution in [3.8, 4) is 0 Å².